The van der Waals surface area contributed by atoms with Gasteiger partial charge in [-0.3, -0.25) is 4.68 Å². The predicted octanol–water partition coefficient (Wildman–Crippen LogP) is 1.36. The first-order chi connectivity index (χ1) is 8.13. The van der Waals surface area contributed by atoms with Crippen LogP contribution in [0, 0.1) is 13.8 Å². The topological polar surface area (TPSA) is 69.6 Å². The summed E-state index contributed by atoms with van der Waals surface area (Å²) in [6.45, 7) is 6.70. The highest BCUT2D eigenvalue weighted by atomic mass is 15.3. The van der Waals surface area contributed by atoms with Crippen LogP contribution in [0.5, 0.6) is 0 Å². The van der Waals surface area contributed by atoms with Crippen molar-refractivity contribution in [3.05, 3.63) is 41.0 Å². The molecule has 1 unspecified atom stereocenters. The quantitative estimate of drug-likeness (QED) is 0.865. The molecule has 2 N–H and O–H groups in total. The van der Waals surface area contributed by atoms with Crippen molar-refractivity contribution in [2.75, 3.05) is 0 Å². The van der Waals surface area contributed by atoms with Gasteiger partial charge < -0.3 is 5.73 Å². The van der Waals surface area contributed by atoms with E-state index in [1.165, 1.54) is 0 Å². The van der Waals surface area contributed by atoms with Crippen LogP contribution in [0.3, 0.4) is 0 Å². The van der Waals surface area contributed by atoms with Crippen LogP contribution in [-0.2, 0) is 6.54 Å². The Labute approximate surface area is 101 Å². The predicted molar refractivity (Wildman–Crippen MR) is 65.4 cm³/mol. The maximum Gasteiger partial charge on any atom is 0.0742 e. The van der Waals surface area contributed by atoms with Crippen LogP contribution in [-0.4, -0.2) is 20.0 Å². The Balaban J connectivity index is 2.43. The van der Waals surface area contributed by atoms with Crippen molar-refractivity contribution in [1.82, 2.24) is 20.0 Å². The van der Waals surface area contributed by atoms with Crippen molar-refractivity contribution in [3.8, 4) is 0 Å². The van der Waals surface area contributed by atoms with Crippen molar-refractivity contribution in [2.45, 2.75) is 33.4 Å². The molecule has 0 spiro atoms. The zero-order valence-corrected chi connectivity index (χ0v) is 10.4. The fourth-order valence-electron chi connectivity index (χ4n) is 1.92. The Morgan fingerprint density at radius 2 is 2.12 bits per heavy atom. The van der Waals surface area contributed by atoms with Gasteiger partial charge in [-0.2, -0.15) is 15.3 Å². The van der Waals surface area contributed by atoms with E-state index >= 15 is 0 Å². The minimum atomic E-state index is -0.202. The molecule has 0 bridgehead atoms. The Morgan fingerprint density at radius 1 is 1.35 bits per heavy atom. The molecule has 0 aromatic carbocycles. The highest BCUT2D eigenvalue weighted by Gasteiger charge is 2.16. The molecule has 2 aromatic rings. The Morgan fingerprint density at radius 3 is 2.82 bits per heavy atom. The van der Waals surface area contributed by atoms with Gasteiger partial charge in [0.25, 0.3) is 0 Å². The third-order valence-electron chi connectivity index (χ3n) is 2.84. The molecule has 0 aliphatic rings. The molecule has 0 radical (unpaired) electrons. The second-order valence-electron chi connectivity index (χ2n) is 4.08. The van der Waals surface area contributed by atoms with Crippen molar-refractivity contribution in [3.63, 3.8) is 0 Å². The van der Waals surface area contributed by atoms with Gasteiger partial charge in [0.2, 0.25) is 0 Å². The molecule has 0 amide bonds. The van der Waals surface area contributed by atoms with E-state index in [9.17, 15) is 0 Å². The standard InChI is InChI=1S/C12H17N5/c1-4-17-11(5-6-14-17)12(13)10-7-8(2)15-16-9(10)3/h5-7,12H,4,13H2,1-3H3. The molecule has 0 aliphatic carbocycles. The summed E-state index contributed by atoms with van der Waals surface area (Å²) in [6, 6.07) is 3.73. The fraction of sp³-hybridized carbons (Fsp3) is 0.417. The first-order valence-corrected chi connectivity index (χ1v) is 5.71. The molecule has 2 heterocycles. The smallest absolute Gasteiger partial charge is 0.0742 e. The summed E-state index contributed by atoms with van der Waals surface area (Å²) in [5, 5.41) is 12.4. The average molecular weight is 231 g/mol. The molecule has 90 valence electrons. The second-order valence-corrected chi connectivity index (χ2v) is 4.08. The third kappa shape index (κ3) is 2.19. The lowest BCUT2D eigenvalue weighted by Crippen LogP contribution is -2.19. The Kier molecular flexibility index (Phi) is 3.19. The summed E-state index contributed by atoms with van der Waals surface area (Å²) < 4.78 is 1.90. The van der Waals surface area contributed by atoms with Crippen LogP contribution in [0.15, 0.2) is 18.3 Å². The maximum atomic E-state index is 6.28. The lowest BCUT2D eigenvalue weighted by atomic mass is 10.0. The highest BCUT2D eigenvalue weighted by Crippen LogP contribution is 2.21. The monoisotopic (exact) mass is 231 g/mol. The van der Waals surface area contributed by atoms with Crippen molar-refractivity contribution in [1.29, 1.82) is 0 Å². The summed E-state index contributed by atoms with van der Waals surface area (Å²) >= 11 is 0. The largest absolute Gasteiger partial charge is 0.319 e. The van der Waals surface area contributed by atoms with Crippen LogP contribution in [0.25, 0.3) is 0 Å². The zero-order valence-electron chi connectivity index (χ0n) is 10.4. The minimum absolute atomic E-state index is 0.202. The molecule has 1 atom stereocenters. The van der Waals surface area contributed by atoms with Crippen molar-refractivity contribution < 1.29 is 0 Å². The van der Waals surface area contributed by atoms with E-state index in [0.29, 0.717) is 0 Å². The van der Waals surface area contributed by atoms with Crippen LogP contribution in [0.4, 0.5) is 0 Å². The van der Waals surface area contributed by atoms with E-state index in [-0.39, 0.29) is 6.04 Å². The van der Waals surface area contributed by atoms with Crippen LogP contribution >= 0.6 is 0 Å². The van der Waals surface area contributed by atoms with E-state index in [2.05, 4.69) is 15.3 Å². The van der Waals surface area contributed by atoms with Crippen LogP contribution in [0.2, 0.25) is 0 Å². The SMILES string of the molecule is CCn1nccc1C(N)c1cc(C)nnc1C. The lowest BCUT2D eigenvalue weighted by Gasteiger charge is -2.15. The first kappa shape index (κ1) is 11.7. The number of hydrogen-bond acceptors (Lipinski definition) is 4. The number of nitrogens with two attached hydrogens (primary N) is 1. The summed E-state index contributed by atoms with van der Waals surface area (Å²) in [5.74, 6) is 0. The third-order valence-corrected chi connectivity index (χ3v) is 2.84. The maximum absolute atomic E-state index is 6.28. The van der Waals surface area contributed by atoms with Crippen molar-refractivity contribution in [2.24, 2.45) is 5.73 Å². The zero-order chi connectivity index (χ0) is 12.4. The molecule has 0 fully saturated rings. The normalized spacial score (nSPS) is 12.7. The number of aryl methyl sites for hydroxylation is 3. The van der Waals surface area contributed by atoms with Gasteiger partial charge in [0, 0.05) is 12.7 Å². The van der Waals surface area contributed by atoms with E-state index in [1.54, 1.807) is 6.20 Å². The summed E-state index contributed by atoms with van der Waals surface area (Å²) in [6.07, 6.45) is 1.77. The molecule has 0 saturated carbocycles. The van der Waals surface area contributed by atoms with E-state index in [1.807, 2.05) is 37.6 Å². The Bertz CT molecular complexity index is 517. The average Bonchev–Trinajstić information content (AvgIpc) is 2.79. The summed E-state index contributed by atoms with van der Waals surface area (Å²) in [7, 11) is 0. The number of aromatic nitrogens is 4. The molecule has 5 heteroatoms. The van der Waals surface area contributed by atoms with Crippen LogP contribution < -0.4 is 5.73 Å². The second kappa shape index (κ2) is 4.63. The van der Waals surface area contributed by atoms with E-state index in [0.717, 1.165) is 29.2 Å². The molecule has 2 aromatic heterocycles. The molecule has 0 aliphatic heterocycles. The molecular weight excluding hydrogens is 214 g/mol. The number of hydrogen-bond donors (Lipinski definition) is 1. The summed E-state index contributed by atoms with van der Waals surface area (Å²) in [4.78, 5) is 0. The van der Waals surface area contributed by atoms with Gasteiger partial charge in [0.05, 0.1) is 23.1 Å². The molecular formula is C12H17N5. The number of rotatable bonds is 3. The minimum Gasteiger partial charge on any atom is -0.319 e. The van der Waals surface area contributed by atoms with Gasteiger partial charge in [-0.25, -0.2) is 0 Å². The molecule has 2 rings (SSSR count). The summed E-state index contributed by atoms with van der Waals surface area (Å²) in [5.41, 5.74) is 10.0. The van der Waals surface area contributed by atoms with Gasteiger partial charge in [-0.1, -0.05) is 0 Å². The molecule has 17 heavy (non-hydrogen) atoms. The van der Waals surface area contributed by atoms with Gasteiger partial charge in [-0.05, 0) is 38.5 Å². The van der Waals surface area contributed by atoms with Crippen LogP contribution in [0.1, 0.15) is 35.6 Å². The van der Waals surface area contributed by atoms with Gasteiger partial charge >= 0.3 is 0 Å². The first-order valence-electron chi connectivity index (χ1n) is 5.71. The lowest BCUT2D eigenvalue weighted by molar-refractivity contribution is 0.598. The van der Waals surface area contributed by atoms with E-state index < -0.39 is 0 Å². The van der Waals surface area contributed by atoms with Gasteiger partial charge in [0.15, 0.2) is 0 Å². The highest BCUT2D eigenvalue weighted by molar-refractivity contribution is 5.30. The number of nitrogens with zero attached hydrogens (tertiary/aromatic N) is 4. The van der Waals surface area contributed by atoms with E-state index in [4.69, 9.17) is 5.73 Å². The molecule has 0 saturated heterocycles. The van der Waals surface area contributed by atoms with Gasteiger partial charge in [-0.15, -0.1) is 0 Å². The van der Waals surface area contributed by atoms with Crippen molar-refractivity contribution >= 4 is 0 Å². The Hall–Kier alpha value is -1.75. The molecule has 5 nitrogen and oxygen atoms in total. The fourth-order valence-corrected chi connectivity index (χ4v) is 1.92. The van der Waals surface area contributed by atoms with Gasteiger partial charge in [0.1, 0.15) is 0 Å².